The van der Waals surface area contributed by atoms with Crippen LogP contribution in [0, 0.1) is 0 Å². The summed E-state index contributed by atoms with van der Waals surface area (Å²) in [5, 5.41) is 12.5. The predicted octanol–water partition coefficient (Wildman–Crippen LogP) is 1.84. The van der Waals surface area contributed by atoms with Gasteiger partial charge in [0.25, 0.3) is 0 Å². The Morgan fingerprint density at radius 2 is 2.00 bits per heavy atom. The highest BCUT2D eigenvalue weighted by Gasteiger charge is 2.36. The molecule has 2 rings (SSSR count). The Hall–Kier alpha value is -0.900. The van der Waals surface area contributed by atoms with Crippen LogP contribution >= 0.6 is 0 Å². The molecule has 1 aliphatic heterocycles. The molecule has 0 amide bonds. The molecule has 1 heterocycles. The second-order valence-corrected chi connectivity index (χ2v) is 5.01. The standard InChI is InChI=1S/C14H21NO2/c1-11-14(2,7-8-17-11)15-9-12-3-5-13(10-16)6-4-12/h3-6,11,15-16H,7-10H2,1-2H3. The maximum absolute atomic E-state index is 8.97. The van der Waals surface area contributed by atoms with E-state index in [4.69, 9.17) is 9.84 Å². The molecule has 3 nitrogen and oxygen atoms in total. The molecule has 2 unspecified atom stereocenters. The molecule has 0 aliphatic carbocycles. The molecule has 1 aromatic carbocycles. The monoisotopic (exact) mass is 235 g/mol. The Labute approximate surface area is 103 Å². The minimum Gasteiger partial charge on any atom is -0.392 e. The molecule has 0 saturated carbocycles. The fourth-order valence-electron chi connectivity index (χ4n) is 2.13. The van der Waals surface area contributed by atoms with Crippen LogP contribution in [0.15, 0.2) is 24.3 Å². The van der Waals surface area contributed by atoms with E-state index in [-0.39, 0.29) is 18.2 Å². The summed E-state index contributed by atoms with van der Waals surface area (Å²) in [5.74, 6) is 0. The Bertz CT molecular complexity index is 363. The van der Waals surface area contributed by atoms with E-state index < -0.39 is 0 Å². The number of hydrogen-bond donors (Lipinski definition) is 2. The number of rotatable bonds is 4. The zero-order valence-electron chi connectivity index (χ0n) is 10.6. The second kappa shape index (κ2) is 5.17. The number of hydrogen-bond acceptors (Lipinski definition) is 3. The predicted molar refractivity (Wildman–Crippen MR) is 67.6 cm³/mol. The van der Waals surface area contributed by atoms with Crippen LogP contribution in [0.1, 0.15) is 31.4 Å². The number of aliphatic hydroxyl groups is 1. The van der Waals surface area contributed by atoms with Crippen molar-refractivity contribution in [3.8, 4) is 0 Å². The van der Waals surface area contributed by atoms with Crippen molar-refractivity contribution in [2.45, 2.75) is 45.1 Å². The highest BCUT2D eigenvalue weighted by atomic mass is 16.5. The van der Waals surface area contributed by atoms with Crippen molar-refractivity contribution in [3.63, 3.8) is 0 Å². The lowest BCUT2D eigenvalue weighted by Crippen LogP contribution is -2.47. The van der Waals surface area contributed by atoms with Gasteiger partial charge in [-0.05, 0) is 31.4 Å². The highest BCUT2D eigenvalue weighted by Crippen LogP contribution is 2.25. The fourth-order valence-corrected chi connectivity index (χ4v) is 2.13. The smallest absolute Gasteiger partial charge is 0.0726 e. The van der Waals surface area contributed by atoms with Crippen molar-refractivity contribution in [2.75, 3.05) is 6.61 Å². The minimum atomic E-state index is 0.0790. The van der Waals surface area contributed by atoms with Gasteiger partial charge in [-0.3, -0.25) is 0 Å². The lowest BCUT2D eigenvalue weighted by atomic mass is 9.94. The topological polar surface area (TPSA) is 41.5 Å². The van der Waals surface area contributed by atoms with Gasteiger partial charge in [0, 0.05) is 18.7 Å². The molecule has 1 aromatic rings. The van der Waals surface area contributed by atoms with Gasteiger partial charge in [0.15, 0.2) is 0 Å². The van der Waals surface area contributed by atoms with Gasteiger partial charge in [-0.25, -0.2) is 0 Å². The first kappa shape index (κ1) is 12.6. The van der Waals surface area contributed by atoms with Gasteiger partial charge >= 0.3 is 0 Å². The van der Waals surface area contributed by atoms with Gasteiger partial charge in [-0.2, -0.15) is 0 Å². The van der Waals surface area contributed by atoms with Gasteiger partial charge in [0.05, 0.1) is 12.7 Å². The van der Waals surface area contributed by atoms with Crippen LogP contribution in [0.4, 0.5) is 0 Å². The zero-order valence-corrected chi connectivity index (χ0v) is 10.6. The molecule has 2 N–H and O–H groups in total. The Balaban J connectivity index is 1.93. The van der Waals surface area contributed by atoms with E-state index in [2.05, 4.69) is 31.3 Å². The van der Waals surface area contributed by atoms with E-state index in [1.807, 2.05) is 12.1 Å². The van der Waals surface area contributed by atoms with Crippen molar-refractivity contribution >= 4 is 0 Å². The molecule has 1 aliphatic rings. The maximum atomic E-state index is 8.97. The summed E-state index contributed by atoms with van der Waals surface area (Å²) >= 11 is 0. The molecule has 0 radical (unpaired) electrons. The molecule has 2 atom stereocenters. The number of aliphatic hydroxyl groups excluding tert-OH is 1. The maximum Gasteiger partial charge on any atom is 0.0726 e. The van der Waals surface area contributed by atoms with Gasteiger partial charge in [0.1, 0.15) is 0 Å². The second-order valence-electron chi connectivity index (χ2n) is 5.01. The largest absolute Gasteiger partial charge is 0.392 e. The zero-order chi connectivity index (χ0) is 12.3. The quantitative estimate of drug-likeness (QED) is 0.836. The SMILES string of the molecule is CC1OCCC1(C)NCc1ccc(CO)cc1. The normalized spacial score (nSPS) is 28.5. The lowest BCUT2D eigenvalue weighted by molar-refractivity contribution is 0.0881. The summed E-state index contributed by atoms with van der Waals surface area (Å²) in [4.78, 5) is 0. The van der Waals surface area contributed by atoms with Gasteiger partial charge in [-0.1, -0.05) is 24.3 Å². The molecule has 1 fully saturated rings. The van der Waals surface area contributed by atoms with E-state index in [9.17, 15) is 0 Å². The van der Waals surface area contributed by atoms with Crippen LogP contribution in [0.2, 0.25) is 0 Å². The molecule has 0 bridgehead atoms. The van der Waals surface area contributed by atoms with Gasteiger partial charge in [0.2, 0.25) is 0 Å². The molecule has 1 saturated heterocycles. The molecule has 94 valence electrons. The van der Waals surface area contributed by atoms with E-state index in [1.54, 1.807) is 0 Å². The molecule has 3 heteroatoms. The summed E-state index contributed by atoms with van der Waals surface area (Å²) in [7, 11) is 0. The Kier molecular flexibility index (Phi) is 3.82. The third kappa shape index (κ3) is 2.86. The Morgan fingerprint density at radius 1 is 1.35 bits per heavy atom. The van der Waals surface area contributed by atoms with Crippen molar-refractivity contribution < 1.29 is 9.84 Å². The molecular formula is C14H21NO2. The van der Waals surface area contributed by atoms with E-state index in [0.717, 1.165) is 25.1 Å². The summed E-state index contributed by atoms with van der Waals surface area (Å²) in [6, 6.07) is 8.05. The molecule has 17 heavy (non-hydrogen) atoms. The van der Waals surface area contributed by atoms with Crippen LogP contribution in [-0.4, -0.2) is 23.4 Å². The summed E-state index contributed by atoms with van der Waals surface area (Å²) < 4.78 is 5.60. The van der Waals surface area contributed by atoms with Gasteiger partial charge < -0.3 is 15.2 Å². The third-order valence-electron chi connectivity index (χ3n) is 3.79. The summed E-state index contributed by atoms with van der Waals surface area (Å²) in [5.41, 5.74) is 2.27. The molecule has 0 spiro atoms. The van der Waals surface area contributed by atoms with Crippen molar-refractivity contribution in [3.05, 3.63) is 35.4 Å². The van der Waals surface area contributed by atoms with Crippen LogP contribution in [-0.2, 0) is 17.9 Å². The highest BCUT2D eigenvalue weighted by molar-refractivity contribution is 5.22. The summed E-state index contributed by atoms with van der Waals surface area (Å²) in [6.07, 6.45) is 1.32. The number of benzene rings is 1. The average Bonchev–Trinajstić information content (AvgIpc) is 2.68. The van der Waals surface area contributed by atoms with Crippen molar-refractivity contribution in [1.29, 1.82) is 0 Å². The van der Waals surface area contributed by atoms with Crippen LogP contribution < -0.4 is 5.32 Å². The first-order valence-corrected chi connectivity index (χ1v) is 6.19. The average molecular weight is 235 g/mol. The van der Waals surface area contributed by atoms with Crippen molar-refractivity contribution in [2.24, 2.45) is 0 Å². The van der Waals surface area contributed by atoms with Crippen LogP contribution in [0.25, 0.3) is 0 Å². The first-order valence-electron chi connectivity index (χ1n) is 6.19. The van der Waals surface area contributed by atoms with Crippen molar-refractivity contribution in [1.82, 2.24) is 5.32 Å². The number of ether oxygens (including phenoxy) is 1. The van der Waals surface area contributed by atoms with E-state index >= 15 is 0 Å². The first-order chi connectivity index (χ1) is 8.14. The molecular weight excluding hydrogens is 214 g/mol. The lowest BCUT2D eigenvalue weighted by Gasteiger charge is -2.29. The number of nitrogens with one attached hydrogen (secondary N) is 1. The van der Waals surface area contributed by atoms with Gasteiger partial charge in [-0.15, -0.1) is 0 Å². The Morgan fingerprint density at radius 3 is 2.53 bits per heavy atom. The third-order valence-corrected chi connectivity index (χ3v) is 3.79. The van der Waals surface area contributed by atoms with Crippen LogP contribution in [0.3, 0.4) is 0 Å². The molecule has 0 aromatic heterocycles. The summed E-state index contributed by atoms with van der Waals surface area (Å²) in [6.45, 7) is 6.13. The minimum absolute atomic E-state index is 0.0790. The fraction of sp³-hybridized carbons (Fsp3) is 0.571. The van der Waals surface area contributed by atoms with E-state index in [0.29, 0.717) is 0 Å². The van der Waals surface area contributed by atoms with Crippen LogP contribution in [0.5, 0.6) is 0 Å². The van der Waals surface area contributed by atoms with E-state index in [1.165, 1.54) is 5.56 Å².